The number of allylic oxidation sites excluding steroid dienone is 1. The zero-order chi connectivity index (χ0) is 13.6. The summed E-state index contributed by atoms with van der Waals surface area (Å²) in [5.74, 6) is -0.716. The summed E-state index contributed by atoms with van der Waals surface area (Å²) in [5.41, 5.74) is 0.477. The van der Waals surface area contributed by atoms with Crippen LogP contribution in [-0.4, -0.2) is 17.4 Å². The number of ketones is 1. The number of carbonyl (C=O) groups excluding carboxylic acids is 2. The van der Waals surface area contributed by atoms with Crippen LogP contribution in [0, 0.1) is 0 Å². The lowest BCUT2D eigenvalue weighted by molar-refractivity contribution is -0.150. The number of hydrogen-bond acceptors (Lipinski definition) is 3. The number of rotatable bonds is 5. The molecular weight excluding hydrogens is 216 g/mol. The second-order valence-corrected chi connectivity index (χ2v) is 5.32. The van der Waals surface area contributed by atoms with Crippen LogP contribution in [0.5, 0.6) is 0 Å². The quantitative estimate of drug-likeness (QED) is 0.320. The molecule has 0 aliphatic rings. The lowest BCUT2D eigenvalue weighted by atomic mass is 10.0. The highest BCUT2D eigenvalue weighted by Crippen LogP contribution is 2.18. The molecule has 0 aliphatic carbocycles. The maximum absolute atomic E-state index is 11.9. The Morgan fingerprint density at radius 2 is 1.65 bits per heavy atom. The Bertz CT molecular complexity index is 319. The van der Waals surface area contributed by atoms with Crippen LogP contribution in [0.4, 0.5) is 0 Å². The van der Waals surface area contributed by atoms with Gasteiger partial charge in [-0.15, -0.1) is 0 Å². The summed E-state index contributed by atoms with van der Waals surface area (Å²) in [6, 6.07) is 0. The first-order valence-corrected chi connectivity index (χ1v) is 6.13. The van der Waals surface area contributed by atoms with Gasteiger partial charge in [0.15, 0.2) is 5.78 Å². The number of Topliss-reactive ketones (excluding diaryl/α,β-unsaturated/α-hetero) is 1. The molecule has 3 nitrogen and oxygen atoms in total. The van der Waals surface area contributed by atoms with Gasteiger partial charge in [0.05, 0.1) is 0 Å². The molecule has 0 aromatic rings. The molecule has 0 aliphatic heterocycles. The van der Waals surface area contributed by atoms with Crippen molar-refractivity contribution >= 4 is 11.8 Å². The van der Waals surface area contributed by atoms with Gasteiger partial charge in [0.2, 0.25) is 0 Å². The fraction of sp³-hybridized carbons (Fsp3) is 0.714. The van der Waals surface area contributed by atoms with Crippen LogP contribution in [0.1, 0.15) is 60.8 Å². The molecule has 0 fully saturated rings. The van der Waals surface area contributed by atoms with E-state index >= 15 is 0 Å². The van der Waals surface area contributed by atoms with Gasteiger partial charge < -0.3 is 4.74 Å². The highest BCUT2D eigenvalue weighted by atomic mass is 16.6. The van der Waals surface area contributed by atoms with Crippen molar-refractivity contribution in [3.05, 3.63) is 11.1 Å². The Hall–Kier alpha value is -1.12. The SMILES string of the molecule is CCCCC(C)=C(C(C)=O)C(=O)OC(C)(C)C. The molecule has 0 saturated carbocycles. The molecule has 17 heavy (non-hydrogen) atoms. The third kappa shape index (κ3) is 6.25. The molecule has 98 valence electrons. The number of ether oxygens (including phenoxy) is 1. The maximum atomic E-state index is 11.9. The van der Waals surface area contributed by atoms with Gasteiger partial charge >= 0.3 is 5.97 Å². The van der Waals surface area contributed by atoms with Crippen molar-refractivity contribution in [2.75, 3.05) is 0 Å². The van der Waals surface area contributed by atoms with E-state index in [9.17, 15) is 9.59 Å². The van der Waals surface area contributed by atoms with E-state index in [1.165, 1.54) is 6.92 Å². The van der Waals surface area contributed by atoms with Gasteiger partial charge in [0.1, 0.15) is 11.2 Å². The van der Waals surface area contributed by atoms with Gasteiger partial charge in [-0.25, -0.2) is 4.79 Å². The van der Waals surface area contributed by atoms with Gasteiger partial charge in [-0.3, -0.25) is 4.79 Å². The van der Waals surface area contributed by atoms with Crippen molar-refractivity contribution in [3.63, 3.8) is 0 Å². The predicted octanol–water partition coefficient (Wildman–Crippen LogP) is 3.42. The molecule has 0 bridgehead atoms. The molecule has 0 spiro atoms. The summed E-state index contributed by atoms with van der Waals surface area (Å²) < 4.78 is 5.24. The average Bonchev–Trinajstić information content (AvgIpc) is 2.10. The van der Waals surface area contributed by atoms with E-state index in [-0.39, 0.29) is 11.4 Å². The van der Waals surface area contributed by atoms with E-state index in [2.05, 4.69) is 6.92 Å². The summed E-state index contributed by atoms with van der Waals surface area (Å²) >= 11 is 0. The van der Waals surface area contributed by atoms with E-state index in [4.69, 9.17) is 4.74 Å². The molecule has 0 amide bonds. The molecule has 0 heterocycles. The minimum Gasteiger partial charge on any atom is -0.456 e. The van der Waals surface area contributed by atoms with Gasteiger partial charge in [0.25, 0.3) is 0 Å². The molecule has 0 radical (unpaired) electrons. The molecule has 0 unspecified atom stereocenters. The highest BCUT2D eigenvalue weighted by Gasteiger charge is 2.24. The third-order valence-corrected chi connectivity index (χ3v) is 2.29. The van der Waals surface area contributed by atoms with Crippen LogP contribution in [-0.2, 0) is 14.3 Å². The zero-order valence-electron chi connectivity index (χ0n) is 11.8. The summed E-state index contributed by atoms with van der Waals surface area (Å²) in [7, 11) is 0. The van der Waals surface area contributed by atoms with Crippen LogP contribution in [0.3, 0.4) is 0 Å². The van der Waals surface area contributed by atoms with Crippen molar-refractivity contribution in [1.82, 2.24) is 0 Å². The fourth-order valence-electron chi connectivity index (χ4n) is 1.51. The molecule has 0 N–H and O–H groups in total. The predicted molar refractivity (Wildman–Crippen MR) is 68.8 cm³/mol. The van der Waals surface area contributed by atoms with Gasteiger partial charge in [-0.05, 0) is 47.5 Å². The van der Waals surface area contributed by atoms with Crippen molar-refractivity contribution in [2.45, 2.75) is 66.4 Å². The summed E-state index contributed by atoms with van der Waals surface area (Å²) in [4.78, 5) is 23.4. The van der Waals surface area contributed by atoms with Crippen molar-refractivity contribution in [3.8, 4) is 0 Å². The lowest BCUT2D eigenvalue weighted by Crippen LogP contribution is -2.27. The Balaban J connectivity index is 4.97. The van der Waals surface area contributed by atoms with Crippen LogP contribution in [0.15, 0.2) is 11.1 Å². The van der Waals surface area contributed by atoms with Crippen molar-refractivity contribution in [1.29, 1.82) is 0 Å². The van der Waals surface area contributed by atoms with Gasteiger partial charge in [-0.2, -0.15) is 0 Å². The highest BCUT2D eigenvalue weighted by molar-refractivity contribution is 6.17. The minimum absolute atomic E-state index is 0.215. The van der Waals surface area contributed by atoms with E-state index in [0.29, 0.717) is 0 Å². The minimum atomic E-state index is -0.567. The summed E-state index contributed by atoms with van der Waals surface area (Å²) in [6.07, 6.45) is 2.78. The molecular formula is C14H24O3. The second kappa shape index (κ2) is 6.58. The maximum Gasteiger partial charge on any atom is 0.342 e. The molecule has 3 heteroatoms. The third-order valence-electron chi connectivity index (χ3n) is 2.29. The first-order valence-electron chi connectivity index (χ1n) is 6.13. The van der Waals surface area contributed by atoms with Crippen LogP contribution < -0.4 is 0 Å². The Morgan fingerprint density at radius 1 is 1.12 bits per heavy atom. The normalized spacial score (nSPS) is 13.1. The number of esters is 1. The molecule has 0 saturated heterocycles. The smallest absolute Gasteiger partial charge is 0.342 e. The monoisotopic (exact) mass is 240 g/mol. The lowest BCUT2D eigenvalue weighted by Gasteiger charge is -2.20. The van der Waals surface area contributed by atoms with Crippen LogP contribution in [0.25, 0.3) is 0 Å². The van der Waals surface area contributed by atoms with Crippen LogP contribution >= 0.6 is 0 Å². The topological polar surface area (TPSA) is 43.4 Å². The van der Waals surface area contributed by atoms with E-state index in [1.54, 1.807) is 20.8 Å². The second-order valence-electron chi connectivity index (χ2n) is 5.32. The molecule has 0 atom stereocenters. The molecule has 0 aromatic carbocycles. The van der Waals surface area contributed by atoms with Gasteiger partial charge in [0, 0.05) is 0 Å². The van der Waals surface area contributed by atoms with Crippen molar-refractivity contribution < 1.29 is 14.3 Å². The summed E-state index contributed by atoms with van der Waals surface area (Å²) in [6.45, 7) is 10.7. The Morgan fingerprint density at radius 3 is 2.00 bits per heavy atom. The van der Waals surface area contributed by atoms with Gasteiger partial charge in [-0.1, -0.05) is 18.9 Å². The fourth-order valence-corrected chi connectivity index (χ4v) is 1.51. The van der Waals surface area contributed by atoms with E-state index < -0.39 is 11.6 Å². The Labute approximate surface area is 104 Å². The standard InChI is InChI=1S/C14H24O3/c1-7-8-9-10(2)12(11(3)15)13(16)17-14(4,5)6/h7-9H2,1-6H3. The molecule has 0 rings (SSSR count). The number of hydrogen-bond donors (Lipinski definition) is 0. The van der Waals surface area contributed by atoms with Crippen LogP contribution in [0.2, 0.25) is 0 Å². The van der Waals surface area contributed by atoms with Crippen molar-refractivity contribution in [2.24, 2.45) is 0 Å². The van der Waals surface area contributed by atoms with E-state index in [1.807, 2.05) is 6.92 Å². The molecule has 0 aromatic heterocycles. The largest absolute Gasteiger partial charge is 0.456 e. The average molecular weight is 240 g/mol. The Kier molecular flexibility index (Phi) is 6.14. The first kappa shape index (κ1) is 15.9. The number of carbonyl (C=O) groups is 2. The van der Waals surface area contributed by atoms with E-state index in [0.717, 1.165) is 24.8 Å². The summed E-state index contributed by atoms with van der Waals surface area (Å²) in [5, 5.41) is 0. The zero-order valence-corrected chi connectivity index (χ0v) is 11.8. The first-order chi connectivity index (χ1) is 7.69. The number of unbranched alkanes of at least 4 members (excludes halogenated alkanes) is 1.